The molecule has 10 nitrogen and oxygen atoms in total. The van der Waals surface area contributed by atoms with Crippen molar-refractivity contribution in [3.8, 4) is 0 Å². The summed E-state index contributed by atoms with van der Waals surface area (Å²) in [5.74, 6) is -2.72. The number of fused-ring (bicyclic) bond motifs is 1. The number of carbonyl (C=O) groups excluding carboxylic acids is 2. The molecule has 0 radical (unpaired) electrons. The van der Waals surface area contributed by atoms with E-state index >= 15 is 0 Å². The molecule has 1 heterocycles. The normalized spacial score (nSPS) is 13.5. The predicted molar refractivity (Wildman–Crippen MR) is 126 cm³/mol. The maximum Gasteiger partial charge on any atom is 0.338 e. The second-order valence-corrected chi connectivity index (χ2v) is 9.87. The van der Waals surface area contributed by atoms with Crippen molar-refractivity contribution in [2.24, 2.45) is 0 Å². The Hall–Kier alpha value is -4.16. The van der Waals surface area contributed by atoms with E-state index in [1.807, 2.05) is 24.3 Å². The highest BCUT2D eigenvalue weighted by Gasteiger charge is 2.28. The molecule has 1 aliphatic rings. The number of ether oxygens (including phenoxy) is 1. The van der Waals surface area contributed by atoms with Crippen LogP contribution in [0.4, 0.5) is 15.8 Å². The smallest absolute Gasteiger partial charge is 0.338 e. The standard InChI is InChI=1S/C24H20FN3O7S/c25-21-10-7-19(13-22(21)28(31)32)26-23(29)15-35-24(30)17-5-8-20(9-6-17)36(33,34)27-12-11-16-3-1-2-4-18(16)14-27/h1-10,13H,11-12,14-15H2,(H,26,29). The summed E-state index contributed by atoms with van der Waals surface area (Å²) in [7, 11) is -3.78. The summed E-state index contributed by atoms with van der Waals surface area (Å²) in [6.07, 6.45) is 0.604. The maximum absolute atomic E-state index is 13.4. The number of halogens is 1. The van der Waals surface area contributed by atoms with E-state index < -0.39 is 44.9 Å². The van der Waals surface area contributed by atoms with Crippen molar-refractivity contribution in [2.75, 3.05) is 18.5 Å². The summed E-state index contributed by atoms with van der Waals surface area (Å²) in [6.45, 7) is -0.110. The van der Waals surface area contributed by atoms with Gasteiger partial charge in [-0.1, -0.05) is 24.3 Å². The number of amides is 1. The fourth-order valence-electron chi connectivity index (χ4n) is 3.73. The first-order chi connectivity index (χ1) is 17.1. The average molecular weight is 514 g/mol. The number of carbonyl (C=O) groups is 2. The summed E-state index contributed by atoms with van der Waals surface area (Å²) in [5.41, 5.74) is 1.24. The van der Waals surface area contributed by atoms with Gasteiger partial charge in [0, 0.05) is 24.8 Å². The van der Waals surface area contributed by atoms with Crippen LogP contribution < -0.4 is 5.32 Å². The van der Waals surface area contributed by atoms with Crippen LogP contribution in [-0.2, 0) is 32.5 Å². The van der Waals surface area contributed by atoms with Crippen LogP contribution in [0.5, 0.6) is 0 Å². The SMILES string of the molecule is O=C(COC(=O)c1ccc(S(=O)(=O)N2CCc3ccccc3C2)cc1)Nc1ccc(F)c([N+](=O)[O-])c1. The molecule has 4 rings (SSSR count). The number of anilines is 1. The lowest BCUT2D eigenvalue weighted by atomic mass is 10.0. The lowest BCUT2D eigenvalue weighted by Crippen LogP contribution is -2.35. The molecule has 0 unspecified atom stereocenters. The fourth-order valence-corrected chi connectivity index (χ4v) is 5.15. The zero-order valence-electron chi connectivity index (χ0n) is 18.7. The molecule has 0 spiro atoms. The van der Waals surface area contributed by atoms with Crippen molar-refractivity contribution >= 4 is 33.3 Å². The second kappa shape index (κ2) is 10.2. The molecule has 3 aromatic rings. The van der Waals surface area contributed by atoms with Gasteiger partial charge in [0.15, 0.2) is 6.61 Å². The van der Waals surface area contributed by atoms with Gasteiger partial charge in [-0.25, -0.2) is 13.2 Å². The highest BCUT2D eigenvalue weighted by molar-refractivity contribution is 7.89. The molecule has 3 aromatic carbocycles. The van der Waals surface area contributed by atoms with Gasteiger partial charge in [-0.15, -0.1) is 0 Å². The van der Waals surface area contributed by atoms with Crippen molar-refractivity contribution in [3.63, 3.8) is 0 Å². The molecule has 0 saturated carbocycles. The number of hydrogen-bond donors (Lipinski definition) is 1. The summed E-state index contributed by atoms with van der Waals surface area (Å²) < 4.78 is 45.8. The molecule has 1 N–H and O–H groups in total. The van der Waals surface area contributed by atoms with Gasteiger partial charge >= 0.3 is 11.7 Å². The first-order valence-electron chi connectivity index (χ1n) is 10.7. The summed E-state index contributed by atoms with van der Waals surface area (Å²) in [5, 5.41) is 13.1. The topological polar surface area (TPSA) is 136 Å². The lowest BCUT2D eigenvalue weighted by molar-refractivity contribution is -0.387. The largest absolute Gasteiger partial charge is 0.452 e. The number of nitrogens with zero attached hydrogens (tertiary/aromatic N) is 2. The summed E-state index contributed by atoms with van der Waals surface area (Å²) in [6, 6.07) is 15.6. The second-order valence-electron chi connectivity index (χ2n) is 7.93. The molecule has 0 aromatic heterocycles. The number of nitrogens with one attached hydrogen (secondary N) is 1. The fraction of sp³-hybridized carbons (Fsp3) is 0.167. The van der Waals surface area contributed by atoms with Crippen LogP contribution in [0.15, 0.2) is 71.6 Å². The van der Waals surface area contributed by atoms with Gasteiger partial charge in [-0.3, -0.25) is 14.9 Å². The van der Waals surface area contributed by atoms with Gasteiger partial charge in [0.2, 0.25) is 15.8 Å². The van der Waals surface area contributed by atoms with E-state index in [9.17, 15) is 32.5 Å². The Balaban J connectivity index is 1.35. The number of benzene rings is 3. The van der Waals surface area contributed by atoms with E-state index in [-0.39, 0.29) is 22.7 Å². The predicted octanol–water partition coefficient (Wildman–Crippen LogP) is 3.28. The number of esters is 1. The van der Waals surface area contributed by atoms with Crippen molar-refractivity contribution < 1.29 is 32.1 Å². The highest BCUT2D eigenvalue weighted by Crippen LogP contribution is 2.25. The summed E-state index contributed by atoms with van der Waals surface area (Å²) in [4.78, 5) is 34.2. The minimum Gasteiger partial charge on any atom is -0.452 e. The van der Waals surface area contributed by atoms with Gasteiger partial charge < -0.3 is 10.1 Å². The molecule has 1 aliphatic heterocycles. The molecule has 186 valence electrons. The van der Waals surface area contributed by atoms with Gasteiger partial charge in [0.25, 0.3) is 5.91 Å². The molecular weight excluding hydrogens is 493 g/mol. The third kappa shape index (κ3) is 5.39. The average Bonchev–Trinajstić information content (AvgIpc) is 2.88. The van der Waals surface area contributed by atoms with E-state index in [1.165, 1.54) is 28.6 Å². The Kier molecular flexibility index (Phi) is 7.08. The van der Waals surface area contributed by atoms with Crippen molar-refractivity contribution in [1.82, 2.24) is 4.31 Å². The third-order valence-electron chi connectivity index (χ3n) is 5.58. The molecule has 0 fully saturated rings. The monoisotopic (exact) mass is 513 g/mol. The third-order valence-corrected chi connectivity index (χ3v) is 7.44. The van der Waals surface area contributed by atoms with Crippen LogP contribution in [0.1, 0.15) is 21.5 Å². The van der Waals surface area contributed by atoms with Crippen LogP contribution in [-0.4, -0.2) is 42.7 Å². The molecule has 0 atom stereocenters. The van der Waals surface area contributed by atoms with Gasteiger partial charge in [0.1, 0.15) is 0 Å². The Bertz CT molecular complexity index is 1440. The number of nitro groups is 1. The summed E-state index contributed by atoms with van der Waals surface area (Å²) >= 11 is 0. The van der Waals surface area contributed by atoms with Crippen molar-refractivity contribution in [3.05, 3.63) is 99.4 Å². The molecule has 1 amide bonds. The quantitative estimate of drug-likeness (QED) is 0.291. The van der Waals surface area contributed by atoms with E-state index in [1.54, 1.807) is 0 Å². The van der Waals surface area contributed by atoms with Crippen LogP contribution in [0, 0.1) is 15.9 Å². The maximum atomic E-state index is 13.4. The number of nitro benzene ring substituents is 1. The highest BCUT2D eigenvalue weighted by atomic mass is 32.2. The first-order valence-corrected chi connectivity index (χ1v) is 12.2. The number of rotatable bonds is 7. The Morgan fingerprint density at radius 3 is 2.44 bits per heavy atom. The van der Waals surface area contributed by atoms with E-state index in [2.05, 4.69) is 5.32 Å². The van der Waals surface area contributed by atoms with E-state index in [0.29, 0.717) is 13.0 Å². The molecule has 0 aliphatic carbocycles. The van der Waals surface area contributed by atoms with Crippen LogP contribution in [0.2, 0.25) is 0 Å². The minimum absolute atomic E-state index is 0.0223. The molecular formula is C24H20FN3O7S. The molecule has 36 heavy (non-hydrogen) atoms. The van der Waals surface area contributed by atoms with Crippen LogP contribution >= 0.6 is 0 Å². The Morgan fingerprint density at radius 1 is 1.06 bits per heavy atom. The number of sulfonamides is 1. The molecule has 0 bridgehead atoms. The van der Waals surface area contributed by atoms with Crippen molar-refractivity contribution in [1.29, 1.82) is 0 Å². The van der Waals surface area contributed by atoms with Crippen molar-refractivity contribution in [2.45, 2.75) is 17.9 Å². The van der Waals surface area contributed by atoms with Gasteiger partial charge in [0.05, 0.1) is 15.4 Å². The zero-order chi connectivity index (χ0) is 25.9. The first kappa shape index (κ1) is 24.9. The molecule has 0 saturated heterocycles. The van der Waals surface area contributed by atoms with E-state index in [0.717, 1.165) is 29.3 Å². The van der Waals surface area contributed by atoms with Gasteiger partial charge in [-0.05, 0) is 53.9 Å². The minimum atomic E-state index is -3.78. The van der Waals surface area contributed by atoms with Gasteiger partial charge in [-0.2, -0.15) is 8.70 Å². The van der Waals surface area contributed by atoms with Crippen LogP contribution in [0.3, 0.4) is 0 Å². The lowest BCUT2D eigenvalue weighted by Gasteiger charge is -2.28. The zero-order valence-corrected chi connectivity index (χ0v) is 19.5. The Morgan fingerprint density at radius 2 is 1.75 bits per heavy atom. The Labute approximate surface area is 205 Å². The van der Waals surface area contributed by atoms with Crippen LogP contribution in [0.25, 0.3) is 0 Å². The number of hydrogen-bond acceptors (Lipinski definition) is 7. The van der Waals surface area contributed by atoms with E-state index in [4.69, 9.17) is 4.74 Å². The molecule has 12 heteroatoms.